The highest BCUT2D eigenvalue weighted by Gasteiger charge is 2.20. The van der Waals surface area contributed by atoms with Crippen molar-refractivity contribution in [2.45, 2.75) is 26.9 Å². The molecule has 0 fully saturated rings. The topological polar surface area (TPSA) is 86.1 Å². The average molecular weight is 400 g/mol. The van der Waals surface area contributed by atoms with Crippen molar-refractivity contribution in [3.63, 3.8) is 0 Å². The maximum absolute atomic E-state index is 12.6. The maximum atomic E-state index is 12.6. The van der Waals surface area contributed by atoms with Crippen LogP contribution < -0.4 is 10.1 Å². The summed E-state index contributed by atoms with van der Waals surface area (Å²) >= 11 is 0. The SMILES string of the molecule is CCc1c(C(=O)Nc2ccc(C(C)=O)cc2)nnn1-c1ccc(OC(F)F)cc1. The smallest absolute Gasteiger partial charge is 0.387 e. The summed E-state index contributed by atoms with van der Waals surface area (Å²) in [6.07, 6.45) is 0.467. The molecule has 0 saturated heterocycles. The van der Waals surface area contributed by atoms with E-state index in [4.69, 9.17) is 0 Å². The van der Waals surface area contributed by atoms with Crippen molar-refractivity contribution in [2.24, 2.45) is 0 Å². The minimum absolute atomic E-state index is 0.0221. The van der Waals surface area contributed by atoms with Crippen LogP contribution in [0.5, 0.6) is 5.75 Å². The minimum Gasteiger partial charge on any atom is -0.435 e. The van der Waals surface area contributed by atoms with E-state index in [1.807, 2.05) is 6.92 Å². The van der Waals surface area contributed by atoms with E-state index in [1.54, 1.807) is 36.4 Å². The van der Waals surface area contributed by atoms with Gasteiger partial charge in [-0.3, -0.25) is 9.59 Å². The van der Waals surface area contributed by atoms with E-state index in [2.05, 4.69) is 20.4 Å². The number of hydrogen-bond acceptors (Lipinski definition) is 5. The number of Topliss-reactive ketones (excluding diaryl/α,β-unsaturated/α-hetero) is 1. The van der Waals surface area contributed by atoms with Gasteiger partial charge in [0.1, 0.15) is 5.75 Å². The quantitative estimate of drug-likeness (QED) is 0.608. The molecule has 0 spiro atoms. The van der Waals surface area contributed by atoms with Crippen molar-refractivity contribution >= 4 is 17.4 Å². The summed E-state index contributed by atoms with van der Waals surface area (Å²) in [6.45, 7) is 0.409. The Balaban J connectivity index is 1.81. The van der Waals surface area contributed by atoms with Gasteiger partial charge in [-0.25, -0.2) is 4.68 Å². The highest BCUT2D eigenvalue weighted by molar-refractivity contribution is 6.04. The molecule has 9 heteroatoms. The Kier molecular flexibility index (Phi) is 5.96. The summed E-state index contributed by atoms with van der Waals surface area (Å²) in [7, 11) is 0. The first-order valence-electron chi connectivity index (χ1n) is 8.81. The number of ether oxygens (including phenoxy) is 1. The molecule has 1 N–H and O–H groups in total. The molecule has 0 radical (unpaired) electrons. The van der Waals surface area contributed by atoms with Crippen molar-refractivity contribution in [2.75, 3.05) is 5.32 Å². The number of aromatic nitrogens is 3. The van der Waals surface area contributed by atoms with Gasteiger partial charge in [0.05, 0.1) is 11.4 Å². The van der Waals surface area contributed by atoms with Gasteiger partial charge in [0, 0.05) is 11.3 Å². The van der Waals surface area contributed by atoms with Crippen LogP contribution in [-0.2, 0) is 6.42 Å². The zero-order valence-electron chi connectivity index (χ0n) is 15.7. The zero-order valence-corrected chi connectivity index (χ0v) is 15.7. The Morgan fingerprint density at radius 2 is 1.76 bits per heavy atom. The Morgan fingerprint density at radius 1 is 1.10 bits per heavy atom. The molecule has 0 atom stereocenters. The van der Waals surface area contributed by atoms with E-state index in [0.717, 1.165) is 0 Å². The molecular weight excluding hydrogens is 382 g/mol. The molecule has 0 aliphatic heterocycles. The number of rotatable bonds is 7. The Morgan fingerprint density at radius 3 is 2.31 bits per heavy atom. The standard InChI is InChI=1S/C20H18F2N4O3/c1-3-17-18(19(28)23-14-6-4-13(5-7-14)12(2)27)24-25-26(17)15-8-10-16(11-9-15)29-20(21)22/h4-11,20H,3H2,1-2H3,(H,23,28). The number of carbonyl (C=O) groups excluding carboxylic acids is 2. The van der Waals surface area contributed by atoms with Crippen LogP contribution in [0.25, 0.3) is 5.69 Å². The number of ketones is 1. The summed E-state index contributed by atoms with van der Waals surface area (Å²) in [4.78, 5) is 24.0. The normalized spacial score (nSPS) is 10.8. The molecule has 2 aromatic carbocycles. The molecule has 0 saturated carbocycles. The number of amides is 1. The molecule has 3 rings (SSSR count). The van der Waals surface area contributed by atoms with Crippen LogP contribution in [0.4, 0.5) is 14.5 Å². The molecule has 1 heterocycles. The number of nitrogens with zero attached hydrogens (tertiary/aromatic N) is 3. The number of benzene rings is 2. The number of carbonyl (C=O) groups is 2. The monoisotopic (exact) mass is 400 g/mol. The van der Waals surface area contributed by atoms with Gasteiger partial charge in [0.25, 0.3) is 5.91 Å². The van der Waals surface area contributed by atoms with Crippen LogP contribution >= 0.6 is 0 Å². The fraction of sp³-hybridized carbons (Fsp3) is 0.200. The predicted molar refractivity (Wildman–Crippen MR) is 102 cm³/mol. The van der Waals surface area contributed by atoms with Crippen molar-refractivity contribution in [3.05, 3.63) is 65.5 Å². The number of anilines is 1. The van der Waals surface area contributed by atoms with Gasteiger partial charge in [-0.15, -0.1) is 5.10 Å². The summed E-state index contributed by atoms with van der Waals surface area (Å²) in [6, 6.07) is 12.4. The Labute approximate surface area is 165 Å². The van der Waals surface area contributed by atoms with Gasteiger partial charge >= 0.3 is 6.61 Å². The van der Waals surface area contributed by atoms with Crippen LogP contribution in [-0.4, -0.2) is 33.3 Å². The van der Waals surface area contributed by atoms with Crippen LogP contribution in [0.1, 0.15) is 40.4 Å². The van der Waals surface area contributed by atoms with Gasteiger partial charge in [-0.05, 0) is 61.9 Å². The number of nitrogens with one attached hydrogen (secondary N) is 1. The van der Waals surface area contributed by atoms with Gasteiger partial charge in [-0.1, -0.05) is 12.1 Å². The number of halogens is 2. The van der Waals surface area contributed by atoms with E-state index in [0.29, 0.717) is 29.1 Å². The minimum atomic E-state index is -2.90. The molecule has 7 nitrogen and oxygen atoms in total. The van der Waals surface area contributed by atoms with Crippen molar-refractivity contribution in [1.82, 2.24) is 15.0 Å². The van der Waals surface area contributed by atoms with E-state index < -0.39 is 12.5 Å². The summed E-state index contributed by atoms with van der Waals surface area (Å²) < 4.78 is 30.4. The molecule has 0 aliphatic carbocycles. The van der Waals surface area contributed by atoms with Crippen molar-refractivity contribution in [3.8, 4) is 11.4 Å². The first-order valence-corrected chi connectivity index (χ1v) is 8.81. The molecule has 0 aliphatic rings. The maximum Gasteiger partial charge on any atom is 0.387 e. The lowest BCUT2D eigenvalue weighted by molar-refractivity contribution is -0.0498. The molecule has 3 aromatic rings. The summed E-state index contributed by atoms with van der Waals surface area (Å²) in [5.74, 6) is -0.487. The van der Waals surface area contributed by atoms with Crippen LogP contribution in [0.2, 0.25) is 0 Å². The van der Waals surface area contributed by atoms with Crippen molar-refractivity contribution < 1.29 is 23.1 Å². The largest absolute Gasteiger partial charge is 0.435 e. The van der Waals surface area contributed by atoms with E-state index in [1.165, 1.54) is 23.7 Å². The zero-order chi connectivity index (χ0) is 21.0. The summed E-state index contributed by atoms with van der Waals surface area (Å²) in [5.41, 5.74) is 2.33. The molecule has 0 bridgehead atoms. The molecular formula is C20H18F2N4O3. The third-order valence-corrected chi connectivity index (χ3v) is 4.17. The second-order valence-electron chi connectivity index (χ2n) is 6.11. The van der Waals surface area contributed by atoms with Crippen LogP contribution in [0.3, 0.4) is 0 Å². The lowest BCUT2D eigenvalue weighted by Gasteiger charge is -2.08. The van der Waals surface area contributed by atoms with Crippen LogP contribution in [0.15, 0.2) is 48.5 Å². The fourth-order valence-electron chi connectivity index (χ4n) is 2.75. The van der Waals surface area contributed by atoms with E-state index in [-0.39, 0.29) is 17.2 Å². The summed E-state index contributed by atoms with van der Waals surface area (Å²) in [5, 5.41) is 10.7. The molecule has 1 aromatic heterocycles. The highest BCUT2D eigenvalue weighted by atomic mass is 19.3. The fourth-order valence-corrected chi connectivity index (χ4v) is 2.75. The molecule has 150 valence electrons. The molecule has 0 unspecified atom stereocenters. The van der Waals surface area contributed by atoms with E-state index >= 15 is 0 Å². The van der Waals surface area contributed by atoms with E-state index in [9.17, 15) is 18.4 Å². The lowest BCUT2D eigenvalue weighted by atomic mass is 10.1. The van der Waals surface area contributed by atoms with Crippen LogP contribution in [0, 0.1) is 0 Å². The number of alkyl halides is 2. The predicted octanol–water partition coefficient (Wildman–Crippen LogP) is 3.89. The van der Waals surface area contributed by atoms with Gasteiger partial charge in [-0.2, -0.15) is 8.78 Å². The first-order chi connectivity index (χ1) is 13.9. The second-order valence-corrected chi connectivity index (χ2v) is 6.11. The second kappa shape index (κ2) is 8.59. The highest BCUT2D eigenvalue weighted by Crippen LogP contribution is 2.20. The molecule has 29 heavy (non-hydrogen) atoms. The Hall–Kier alpha value is -3.62. The first kappa shape index (κ1) is 20.1. The van der Waals surface area contributed by atoms with Gasteiger partial charge in [0.15, 0.2) is 11.5 Å². The van der Waals surface area contributed by atoms with Gasteiger partial charge in [0.2, 0.25) is 0 Å². The Bertz CT molecular complexity index is 1020. The lowest BCUT2D eigenvalue weighted by Crippen LogP contribution is -2.15. The third-order valence-electron chi connectivity index (χ3n) is 4.17. The third kappa shape index (κ3) is 4.63. The average Bonchev–Trinajstić information content (AvgIpc) is 3.12. The molecule has 1 amide bonds. The van der Waals surface area contributed by atoms with Crippen molar-refractivity contribution in [1.29, 1.82) is 0 Å². The number of hydrogen-bond donors (Lipinski definition) is 1. The van der Waals surface area contributed by atoms with Gasteiger partial charge < -0.3 is 10.1 Å².